The Morgan fingerprint density at radius 2 is 2.00 bits per heavy atom. The molecule has 3 aromatic heterocycles. The van der Waals surface area contributed by atoms with E-state index in [0.717, 1.165) is 29.9 Å². The van der Waals surface area contributed by atoms with Crippen LogP contribution in [0.3, 0.4) is 0 Å². The average Bonchev–Trinajstić information content (AvgIpc) is 3.48. The van der Waals surface area contributed by atoms with Crippen molar-refractivity contribution in [3.63, 3.8) is 0 Å². The molecule has 144 valence electrons. The number of benzene rings is 1. The molecule has 0 spiro atoms. The minimum absolute atomic E-state index is 0.136. The predicted molar refractivity (Wildman–Crippen MR) is 110 cm³/mol. The SMILES string of the molecule is CCC(c1ccccc1)c1nnc(SCCCc2nc(-c3cccs3)no2)o1. The van der Waals surface area contributed by atoms with Crippen LogP contribution in [0.25, 0.3) is 10.7 Å². The smallest absolute Gasteiger partial charge is 0.276 e. The van der Waals surface area contributed by atoms with Gasteiger partial charge in [-0.25, -0.2) is 0 Å². The maximum Gasteiger partial charge on any atom is 0.276 e. The number of nitrogens with zero attached hydrogens (tertiary/aromatic N) is 4. The first kappa shape index (κ1) is 18.9. The molecule has 1 atom stereocenters. The van der Waals surface area contributed by atoms with E-state index in [-0.39, 0.29) is 5.92 Å². The Balaban J connectivity index is 1.28. The normalized spacial score (nSPS) is 12.3. The zero-order valence-electron chi connectivity index (χ0n) is 15.4. The Bertz CT molecular complexity index is 983. The predicted octanol–water partition coefficient (Wildman–Crippen LogP) is 5.45. The van der Waals surface area contributed by atoms with Gasteiger partial charge in [-0.2, -0.15) is 4.98 Å². The van der Waals surface area contributed by atoms with Crippen LogP contribution >= 0.6 is 23.1 Å². The highest BCUT2D eigenvalue weighted by Crippen LogP contribution is 2.29. The first-order valence-corrected chi connectivity index (χ1v) is 11.1. The largest absolute Gasteiger partial charge is 0.415 e. The lowest BCUT2D eigenvalue weighted by atomic mass is 9.97. The number of rotatable bonds is 9. The fourth-order valence-corrected chi connectivity index (χ4v) is 4.26. The van der Waals surface area contributed by atoms with Crippen LogP contribution in [0.15, 0.2) is 62.0 Å². The average molecular weight is 413 g/mol. The summed E-state index contributed by atoms with van der Waals surface area (Å²) in [6.07, 6.45) is 2.54. The maximum absolute atomic E-state index is 5.89. The lowest BCUT2D eigenvalue weighted by Gasteiger charge is -2.10. The van der Waals surface area contributed by atoms with Crippen molar-refractivity contribution in [2.45, 2.75) is 37.3 Å². The van der Waals surface area contributed by atoms with Crippen LogP contribution in [0.4, 0.5) is 0 Å². The Morgan fingerprint density at radius 1 is 1.11 bits per heavy atom. The summed E-state index contributed by atoms with van der Waals surface area (Å²) in [6.45, 7) is 2.13. The summed E-state index contributed by atoms with van der Waals surface area (Å²) in [4.78, 5) is 5.46. The second-order valence-corrected chi connectivity index (χ2v) is 8.21. The monoisotopic (exact) mass is 412 g/mol. The molecule has 0 amide bonds. The van der Waals surface area contributed by atoms with Gasteiger partial charge in [-0.1, -0.05) is 60.2 Å². The van der Waals surface area contributed by atoms with Crippen LogP contribution in [0.1, 0.15) is 43.0 Å². The lowest BCUT2D eigenvalue weighted by Crippen LogP contribution is -1.99. The molecular formula is C20H20N4O2S2. The maximum atomic E-state index is 5.89. The van der Waals surface area contributed by atoms with Gasteiger partial charge in [-0.15, -0.1) is 21.5 Å². The number of aromatic nitrogens is 4. The van der Waals surface area contributed by atoms with Gasteiger partial charge >= 0.3 is 0 Å². The van der Waals surface area contributed by atoms with Crippen LogP contribution in [-0.4, -0.2) is 26.1 Å². The first-order chi connectivity index (χ1) is 13.8. The number of hydrogen-bond acceptors (Lipinski definition) is 8. The molecule has 1 aromatic carbocycles. The van der Waals surface area contributed by atoms with Gasteiger partial charge in [0, 0.05) is 12.2 Å². The second-order valence-electron chi connectivity index (χ2n) is 6.22. The molecule has 4 aromatic rings. The third-order valence-corrected chi connectivity index (χ3v) is 6.07. The van der Waals surface area contributed by atoms with Crippen LogP contribution in [-0.2, 0) is 6.42 Å². The Hall–Kier alpha value is -2.45. The summed E-state index contributed by atoms with van der Waals surface area (Å²) in [5, 5.41) is 15.1. The molecule has 6 nitrogen and oxygen atoms in total. The van der Waals surface area contributed by atoms with Crippen molar-refractivity contribution in [1.82, 2.24) is 20.3 Å². The number of thioether (sulfide) groups is 1. The lowest BCUT2D eigenvalue weighted by molar-refractivity contribution is 0.378. The van der Waals surface area contributed by atoms with Crippen molar-refractivity contribution >= 4 is 23.1 Å². The van der Waals surface area contributed by atoms with E-state index in [9.17, 15) is 0 Å². The molecule has 1 unspecified atom stereocenters. The van der Waals surface area contributed by atoms with Crippen molar-refractivity contribution in [1.29, 1.82) is 0 Å². The highest BCUT2D eigenvalue weighted by molar-refractivity contribution is 7.99. The summed E-state index contributed by atoms with van der Waals surface area (Å²) in [5.74, 6) is 2.97. The van der Waals surface area contributed by atoms with E-state index in [4.69, 9.17) is 8.94 Å². The molecule has 8 heteroatoms. The fraction of sp³-hybridized carbons (Fsp3) is 0.300. The van der Waals surface area contributed by atoms with Crippen LogP contribution in [0, 0.1) is 0 Å². The molecule has 0 aliphatic heterocycles. The van der Waals surface area contributed by atoms with E-state index in [2.05, 4.69) is 39.4 Å². The highest BCUT2D eigenvalue weighted by atomic mass is 32.2. The highest BCUT2D eigenvalue weighted by Gasteiger charge is 2.19. The van der Waals surface area contributed by atoms with E-state index in [0.29, 0.717) is 22.8 Å². The number of hydrogen-bond donors (Lipinski definition) is 0. The number of aryl methyl sites for hydroxylation is 1. The molecule has 28 heavy (non-hydrogen) atoms. The number of thiophene rings is 1. The molecule has 4 rings (SSSR count). The van der Waals surface area contributed by atoms with Gasteiger partial charge in [0.15, 0.2) is 0 Å². The summed E-state index contributed by atoms with van der Waals surface area (Å²) in [7, 11) is 0. The van der Waals surface area contributed by atoms with Gasteiger partial charge < -0.3 is 8.94 Å². The van der Waals surface area contributed by atoms with Crippen molar-refractivity contribution in [2.24, 2.45) is 0 Å². The zero-order chi connectivity index (χ0) is 19.2. The van der Waals surface area contributed by atoms with Gasteiger partial charge in [-0.05, 0) is 29.9 Å². The topological polar surface area (TPSA) is 77.8 Å². The molecule has 0 bridgehead atoms. The summed E-state index contributed by atoms with van der Waals surface area (Å²) in [5.41, 5.74) is 1.20. The van der Waals surface area contributed by atoms with E-state index in [1.807, 2.05) is 35.7 Å². The minimum Gasteiger partial charge on any atom is -0.415 e. The molecule has 0 saturated heterocycles. The van der Waals surface area contributed by atoms with Crippen molar-refractivity contribution in [3.8, 4) is 10.7 Å². The summed E-state index contributed by atoms with van der Waals surface area (Å²) in [6, 6.07) is 14.2. The zero-order valence-corrected chi connectivity index (χ0v) is 17.1. The van der Waals surface area contributed by atoms with Gasteiger partial charge in [-0.3, -0.25) is 0 Å². The summed E-state index contributed by atoms with van der Waals surface area (Å²) < 4.78 is 11.2. The molecule has 3 heterocycles. The Kier molecular flexibility index (Phi) is 6.18. The van der Waals surface area contributed by atoms with E-state index in [1.165, 1.54) is 5.56 Å². The molecule has 0 aliphatic carbocycles. The van der Waals surface area contributed by atoms with E-state index < -0.39 is 0 Å². The Labute approximate surface area is 171 Å². The van der Waals surface area contributed by atoms with Crippen molar-refractivity contribution in [2.75, 3.05) is 5.75 Å². The molecule has 0 fully saturated rings. The van der Waals surface area contributed by atoms with Crippen molar-refractivity contribution in [3.05, 3.63) is 65.2 Å². The van der Waals surface area contributed by atoms with E-state index >= 15 is 0 Å². The summed E-state index contributed by atoms with van der Waals surface area (Å²) >= 11 is 3.16. The van der Waals surface area contributed by atoms with Crippen molar-refractivity contribution < 1.29 is 8.94 Å². The first-order valence-electron chi connectivity index (χ1n) is 9.21. The third kappa shape index (κ3) is 4.51. The second kappa shape index (κ2) is 9.16. The third-order valence-electron chi connectivity index (χ3n) is 4.30. The quantitative estimate of drug-likeness (QED) is 0.267. The standard InChI is InChI=1S/C20H20N4O2S2/c1-2-15(14-8-4-3-5-9-14)19-22-23-20(25-19)28-13-7-11-17-21-18(24-26-17)16-10-6-12-27-16/h3-6,8-10,12,15H,2,7,11,13H2,1H3. The molecule has 0 saturated carbocycles. The molecular weight excluding hydrogens is 392 g/mol. The van der Waals surface area contributed by atoms with E-state index in [1.54, 1.807) is 23.1 Å². The Morgan fingerprint density at radius 3 is 2.79 bits per heavy atom. The minimum atomic E-state index is 0.136. The van der Waals surface area contributed by atoms with Crippen LogP contribution in [0.5, 0.6) is 0 Å². The van der Waals surface area contributed by atoms with Gasteiger partial charge in [0.1, 0.15) is 0 Å². The molecule has 0 radical (unpaired) electrons. The fourth-order valence-electron chi connectivity index (χ4n) is 2.90. The van der Waals surface area contributed by atoms with Gasteiger partial charge in [0.25, 0.3) is 5.22 Å². The molecule has 0 N–H and O–H groups in total. The molecule has 0 aliphatic rings. The van der Waals surface area contributed by atoms with Crippen LogP contribution in [0.2, 0.25) is 0 Å². The van der Waals surface area contributed by atoms with Gasteiger partial charge in [0.2, 0.25) is 17.6 Å². The van der Waals surface area contributed by atoms with Crippen LogP contribution < -0.4 is 0 Å². The van der Waals surface area contributed by atoms with Gasteiger partial charge in [0.05, 0.1) is 10.8 Å².